The van der Waals surface area contributed by atoms with Gasteiger partial charge in [0.05, 0.1) is 19.2 Å². The van der Waals surface area contributed by atoms with Crippen molar-refractivity contribution in [1.29, 1.82) is 0 Å². The van der Waals surface area contributed by atoms with Crippen molar-refractivity contribution in [3.05, 3.63) is 84.1 Å². The number of anilines is 1. The number of aryl methyl sites for hydroxylation is 1. The predicted molar refractivity (Wildman–Crippen MR) is 112 cm³/mol. The van der Waals surface area contributed by atoms with Crippen LogP contribution in [0.25, 0.3) is 5.65 Å². The first-order chi connectivity index (χ1) is 14.5. The van der Waals surface area contributed by atoms with Crippen LogP contribution in [0.15, 0.2) is 67.0 Å². The normalized spacial score (nSPS) is 10.8. The Labute approximate surface area is 172 Å². The lowest BCUT2D eigenvalue weighted by molar-refractivity contribution is -0.115. The third-order valence-corrected chi connectivity index (χ3v) is 4.57. The minimum atomic E-state index is -0.595. The molecule has 4 rings (SSSR count). The predicted octanol–water partition coefficient (Wildman–Crippen LogP) is 4.76. The van der Waals surface area contributed by atoms with Crippen LogP contribution in [-0.2, 0) is 11.2 Å². The van der Waals surface area contributed by atoms with E-state index in [4.69, 9.17) is 9.47 Å². The Balaban J connectivity index is 1.45. The number of nitrogens with zero attached hydrogens (tertiary/aromatic N) is 2. The van der Waals surface area contributed by atoms with E-state index < -0.39 is 5.82 Å². The number of carbonyl (C=O) groups is 1. The highest BCUT2D eigenvalue weighted by Gasteiger charge is 2.12. The molecule has 7 heteroatoms. The fourth-order valence-electron chi connectivity index (χ4n) is 3.14. The zero-order valence-corrected chi connectivity index (χ0v) is 16.6. The van der Waals surface area contributed by atoms with Crippen LogP contribution in [0.2, 0.25) is 0 Å². The van der Waals surface area contributed by atoms with Crippen molar-refractivity contribution in [1.82, 2.24) is 9.38 Å². The van der Waals surface area contributed by atoms with E-state index in [0.717, 1.165) is 11.2 Å². The molecule has 0 fully saturated rings. The summed E-state index contributed by atoms with van der Waals surface area (Å²) in [7, 11) is 1.52. The first-order valence-electron chi connectivity index (χ1n) is 9.37. The lowest BCUT2D eigenvalue weighted by atomic mass is 10.2. The Hall–Kier alpha value is -3.87. The molecule has 6 nitrogen and oxygen atoms in total. The van der Waals surface area contributed by atoms with Crippen molar-refractivity contribution >= 4 is 17.2 Å². The molecule has 2 aromatic heterocycles. The molecule has 152 valence electrons. The summed E-state index contributed by atoms with van der Waals surface area (Å²) >= 11 is 0. The maximum atomic E-state index is 14.5. The second-order valence-electron chi connectivity index (χ2n) is 6.78. The number of nitrogens with one attached hydrogen (secondary N) is 1. The van der Waals surface area contributed by atoms with Gasteiger partial charge in [0, 0.05) is 24.1 Å². The zero-order valence-electron chi connectivity index (χ0n) is 16.6. The summed E-state index contributed by atoms with van der Waals surface area (Å²) in [5.41, 5.74) is 2.81. The van der Waals surface area contributed by atoms with E-state index in [9.17, 15) is 9.18 Å². The molecule has 0 saturated heterocycles. The standard InChI is InChI=1S/C23H20FN3O3/c1-15-6-5-11-27-14-17(26-23(15)27)13-22(28)25-16-9-10-19(18(24)12-16)30-21-8-4-3-7-20(21)29-2/h3-12,14H,13H2,1-2H3,(H,25,28). The molecular weight excluding hydrogens is 385 g/mol. The quantitative estimate of drug-likeness (QED) is 0.502. The van der Waals surface area contributed by atoms with Gasteiger partial charge in [-0.15, -0.1) is 0 Å². The van der Waals surface area contributed by atoms with Crippen molar-refractivity contribution in [2.24, 2.45) is 0 Å². The number of benzene rings is 2. The average Bonchev–Trinajstić information content (AvgIpc) is 3.14. The second-order valence-corrected chi connectivity index (χ2v) is 6.78. The molecule has 0 aliphatic heterocycles. The van der Waals surface area contributed by atoms with E-state index in [-0.39, 0.29) is 18.1 Å². The summed E-state index contributed by atoms with van der Waals surface area (Å²) in [5, 5.41) is 2.70. The first kappa shape index (κ1) is 19.4. The summed E-state index contributed by atoms with van der Waals surface area (Å²) in [6.07, 6.45) is 3.78. The van der Waals surface area contributed by atoms with Crippen LogP contribution >= 0.6 is 0 Å². The summed E-state index contributed by atoms with van der Waals surface area (Å²) in [5.74, 6) is 0.0547. The second kappa shape index (κ2) is 8.24. The Morgan fingerprint density at radius 1 is 1.10 bits per heavy atom. The summed E-state index contributed by atoms with van der Waals surface area (Å²) < 4.78 is 27.2. The van der Waals surface area contributed by atoms with Crippen LogP contribution in [0.5, 0.6) is 17.2 Å². The van der Waals surface area contributed by atoms with Crippen LogP contribution in [0.3, 0.4) is 0 Å². The highest BCUT2D eigenvalue weighted by molar-refractivity contribution is 5.92. The first-order valence-corrected chi connectivity index (χ1v) is 9.37. The van der Waals surface area contributed by atoms with Gasteiger partial charge in [0.25, 0.3) is 0 Å². The Bertz CT molecular complexity index is 1220. The fourth-order valence-corrected chi connectivity index (χ4v) is 3.14. The molecule has 0 radical (unpaired) electrons. The van der Waals surface area contributed by atoms with Gasteiger partial charge in [0.1, 0.15) is 5.65 Å². The molecule has 2 aromatic carbocycles. The molecule has 0 aliphatic carbocycles. The summed E-state index contributed by atoms with van der Waals surface area (Å²) in [6, 6.07) is 15.1. The van der Waals surface area contributed by atoms with Crippen molar-refractivity contribution in [3.63, 3.8) is 0 Å². The molecule has 1 amide bonds. The number of rotatable bonds is 6. The van der Waals surface area contributed by atoms with E-state index >= 15 is 0 Å². The van der Waals surface area contributed by atoms with Crippen LogP contribution in [-0.4, -0.2) is 22.4 Å². The van der Waals surface area contributed by atoms with Crippen molar-refractivity contribution in [3.8, 4) is 17.2 Å². The summed E-state index contributed by atoms with van der Waals surface area (Å²) in [4.78, 5) is 16.9. The highest BCUT2D eigenvalue weighted by Crippen LogP contribution is 2.33. The van der Waals surface area contributed by atoms with Crippen LogP contribution in [0.4, 0.5) is 10.1 Å². The van der Waals surface area contributed by atoms with Gasteiger partial charge < -0.3 is 19.2 Å². The van der Waals surface area contributed by atoms with E-state index in [1.807, 2.05) is 35.9 Å². The van der Waals surface area contributed by atoms with Gasteiger partial charge in [-0.25, -0.2) is 9.37 Å². The number of halogens is 1. The van der Waals surface area contributed by atoms with Gasteiger partial charge >= 0.3 is 0 Å². The van der Waals surface area contributed by atoms with Crippen LogP contribution in [0, 0.1) is 12.7 Å². The van der Waals surface area contributed by atoms with Gasteiger partial charge in [-0.2, -0.15) is 0 Å². The SMILES string of the molecule is COc1ccccc1Oc1ccc(NC(=O)Cc2cn3cccc(C)c3n2)cc1F. The van der Waals surface area contributed by atoms with Crippen LogP contribution in [0.1, 0.15) is 11.3 Å². The maximum Gasteiger partial charge on any atom is 0.230 e. The largest absolute Gasteiger partial charge is 0.493 e. The lowest BCUT2D eigenvalue weighted by Gasteiger charge is -2.11. The number of carbonyl (C=O) groups excluding carboxylic acids is 1. The number of para-hydroxylation sites is 2. The van der Waals surface area contributed by atoms with E-state index in [0.29, 0.717) is 22.9 Å². The number of aromatic nitrogens is 2. The molecule has 0 saturated carbocycles. The minimum absolute atomic E-state index is 0.0355. The van der Waals surface area contributed by atoms with Crippen LogP contribution < -0.4 is 14.8 Å². The summed E-state index contributed by atoms with van der Waals surface area (Å²) in [6.45, 7) is 1.96. The molecule has 0 spiro atoms. The average molecular weight is 405 g/mol. The molecule has 4 aromatic rings. The third-order valence-electron chi connectivity index (χ3n) is 4.57. The van der Waals surface area contributed by atoms with Crippen molar-refractivity contribution in [2.75, 3.05) is 12.4 Å². The number of fused-ring (bicyclic) bond motifs is 1. The third kappa shape index (κ3) is 4.10. The number of hydrogen-bond donors (Lipinski definition) is 1. The zero-order chi connectivity index (χ0) is 21.1. The van der Waals surface area contributed by atoms with E-state index in [2.05, 4.69) is 10.3 Å². The van der Waals surface area contributed by atoms with Gasteiger partial charge in [0.15, 0.2) is 23.1 Å². The highest BCUT2D eigenvalue weighted by atomic mass is 19.1. The smallest absolute Gasteiger partial charge is 0.230 e. The topological polar surface area (TPSA) is 64.9 Å². The minimum Gasteiger partial charge on any atom is -0.493 e. The van der Waals surface area contributed by atoms with Crippen molar-refractivity contribution < 1.29 is 18.7 Å². The Morgan fingerprint density at radius 3 is 2.63 bits per heavy atom. The fraction of sp³-hybridized carbons (Fsp3) is 0.130. The van der Waals surface area contributed by atoms with Gasteiger partial charge in [-0.1, -0.05) is 18.2 Å². The molecule has 0 bridgehead atoms. The van der Waals surface area contributed by atoms with Crippen molar-refractivity contribution in [2.45, 2.75) is 13.3 Å². The number of amides is 1. The Morgan fingerprint density at radius 2 is 1.90 bits per heavy atom. The number of pyridine rings is 1. The number of methoxy groups -OCH3 is 1. The molecule has 0 aliphatic rings. The molecule has 2 heterocycles. The van der Waals surface area contributed by atoms with E-state index in [1.165, 1.54) is 19.2 Å². The van der Waals surface area contributed by atoms with Gasteiger partial charge in [-0.05, 0) is 42.8 Å². The molecule has 1 N–H and O–H groups in total. The Kier molecular flexibility index (Phi) is 5.34. The maximum absolute atomic E-state index is 14.5. The van der Waals surface area contributed by atoms with Gasteiger partial charge in [-0.3, -0.25) is 4.79 Å². The monoisotopic (exact) mass is 405 g/mol. The molecule has 30 heavy (non-hydrogen) atoms. The van der Waals surface area contributed by atoms with E-state index in [1.54, 1.807) is 30.3 Å². The van der Waals surface area contributed by atoms with Gasteiger partial charge in [0.2, 0.25) is 5.91 Å². The number of hydrogen-bond acceptors (Lipinski definition) is 4. The lowest BCUT2D eigenvalue weighted by Crippen LogP contribution is -2.14. The number of ether oxygens (including phenoxy) is 2. The molecule has 0 atom stereocenters. The number of imidazole rings is 1. The molecule has 0 unspecified atom stereocenters. The molecular formula is C23H20FN3O3.